The third-order valence-corrected chi connectivity index (χ3v) is 2.90. The topological polar surface area (TPSA) is 41.6 Å². The zero-order valence-corrected chi connectivity index (χ0v) is 7.95. The average molecular weight is 184 g/mol. The van der Waals surface area contributed by atoms with E-state index in [4.69, 9.17) is 4.74 Å². The van der Waals surface area contributed by atoms with Gasteiger partial charge in [-0.25, -0.2) is 0 Å². The maximum atomic E-state index is 11.7. The Kier molecular flexibility index (Phi) is 2.51. The van der Waals surface area contributed by atoms with E-state index in [2.05, 4.69) is 5.32 Å². The lowest BCUT2D eigenvalue weighted by Gasteiger charge is -2.39. The van der Waals surface area contributed by atoms with Gasteiger partial charge in [-0.2, -0.15) is 0 Å². The molecule has 2 heterocycles. The predicted octanol–water partition coefficient (Wildman–Crippen LogP) is -0.547. The molecule has 0 bridgehead atoms. The molecule has 0 aliphatic carbocycles. The van der Waals surface area contributed by atoms with Crippen LogP contribution in [0.1, 0.15) is 6.42 Å². The number of likely N-dealkylation sites (tertiary alicyclic amines) is 1. The summed E-state index contributed by atoms with van der Waals surface area (Å²) in [5.41, 5.74) is 0. The highest BCUT2D eigenvalue weighted by atomic mass is 16.5. The molecule has 0 saturated carbocycles. The minimum atomic E-state index is 0.220. The van der Waals surface area contributed by atoms with Crippen molar-refractivity contribution in [2.75, 3.05) is 33.3 Å². The Morgan fingerprint density at radius 2 is 2.31 bits per heavy atom. The summed E-state index contributed by atoms with van der Waals surface area (Å²) >= 11 is 0. The minimum absolute atomic E-state index is 0.220. The molecule has 0 aromatic heterocycles. The van der Waals surface area contributed by atoms with Gasteiger partial charge in [0.25, 0.3) is 0 Å². The number of nitrogens with one attached hydrogen (secondary N) is 1. The zero-order valence-electron chi connectivity index (χ0n) is 7.95. The Balaban J connectivity index is 1.78. The van der Waals surface area contributed by atoms with Gasteiger partial charge in [0.15, 0.2) is 0 Å². The molecule has 4 heteroatoms. The molecule has 2 aliphatic heterocycles. The molecule has 0 spiro atoms. The first kappa shape index (κ1) is 8.97. The number of ether oxygens (including phenoxy) is 1. The van der Waals surface area contributed by atoms with Gasteiger partial charge in [0.1, 0.15) is 0 Å². The van der Waals surface area contributed by atoms with Crippen molar-refractivity contribution in [3.63, 3.8) is 0 Å². The maximum Gasteiger partial charge on any atom is 0.227 e. The second-order valence-corrected chi connectivity index (χ2v) is 3.79. The monoisotopic (exact) mass is 184 g/mol. The molecule has 13 heavy (non-hydrogen) atoms. The molecule has 0 unspecified atom stereocenters. The largest absolute Gasteiger partial charge is 0.378 e. The number of methoxy groups -OCH3 is 1. The van der Waals surface area contributed by atoms with Crippen LogP contribution in [-0.2, 0) is 9.53 Å². The van der Waals surface area contributed by atoms with Crippen molar-refractivity contribution in [2.24, 2.45) is 5.92 Å². The fourth-order valence-corrected chi connectivity index (χ4v) is 1.89. The molecule has 1 amide bonds. The second kappa shape index (κ2) is 3.64. The van der Waals surface area contributed by atoms with Crippen molar-refractivity contribution in [3.05, 3.63) is 0 Å². The lowest BCUT2D eigenvalue weighted by molar-refractivity contribution is -0.146. The Hall–Kier alpha value is -0.610. The molecule has 1 atom stereocenters. The summed E-state index contributed by atoms with van der Waals surface area (Å²) in [5.74, 6) is 0.524. The lowest BCUT2D eigenvalue weighted by atomic mass is 10.0. The normalized spacial score (nSPS) is 29.0. The zero-order chi connectivity index (χ0) is 9.26. The van der Waals surface area contributed by atoms with E-state index >= 15 is 0 Å². The van der Waals surface area contributed by atoms with Crippen LogP contribution in [0.4, 0.5) is 0 Å². The molecule has 2 aliphatic rings. The molecule has 0 aromatic rings. The van der Waals surface area contributed by atoms with Crippen molar-refractivity contribution in [3.8, 4) is 0 Å². The summed E-state index contributed by atoms with van der Waals surface area (Å²) in [4.78, 5) is 13.6. The standard InChI is InChI=1S/C9H16N2O2/c1-13-8-5-11(6-8)9(12)7-2-3-10-4-7/h7-8,10H,2-6H2,1H3/t7-/m0/s1. The van der Waals surface area contributed by atoms with Crippen molar-refractivity contribution in [1.82, 2.24) is 10.2 Å². The Morgan fingerprint density at radius 1 is 1.54 bits per heavy atom. The summed E-state index contributed by atoms with van der Waals surface area (Å²) in [5, 5.41) is 3.20. The van der Waals surface area contributed by atoms with Crippen molar-refractivity contribution in [1.29, 1.82) is 0 Å². The van der Waals surface area contributed by atoms with Crippen LogP contribution in [0.15, 0.2) is 0 Å². The first-order chi connectivity index (χ1) is 6.31. The lowest BCUT2D eigenvalue weighted by Crippen LogP contribution is -2.56. The molecule has 2 fully saturated rings. The summed E-state index contributed by atoms with van der Waals surface area (Å²) < 4.78 is 5.12. The van der Waals surface area contributed by atoms with Crippen LogP contribution in [-0.4, -0.2) is 50.2 Å². The number of amides is 1. The Morgan fingerprint density at radius 3 is 2.85 bits per heavy atom. The van der Waals surface area contributed by atoms with Gasteiger partial charge in [-0.15, -0.1) is 0 Å². The highest BCUT2D eigenvalue weighted by molar-refractivity contribution is 5.80. The van der Waals surface area contributed by atoms with Gasteiger partial charge >= 0.3 is 0 Å². The van der Waals surface area contributed by atoms with E-state index in [1.165, 1.54) is 0 Å². The fourth-order valence-electron chi connectivity index (χ4n) is 1.89. The summed E-state index contributed by atoms with van der Waals surface area (Å²) in [6.45, 7) is 3.41. The quantitative estimate of drug-likeness (QED) is 0.626. The summed E-state index contributed by atoms with van der Waals surface area (Å²) in [7, 11) is 1.70. The van der Waals surface area contributed by atoms with Crippen LogP contribution < -0.4 is 5.32 Å². The first-order valence-corrected chi connectivity index (χ1v) is 4.83. The number of carbonyl (C=O) groups is 1. The van der Waals surface area contributed by atoms with Crippen LogP contribution in [0.2, 0.25) is 0 Å². The SMILES string of the molecule is COC1CN(C(=O)[C@H]2CCNC2)C1. The molecule has 2 rings (SSSR count). The van der Waals surface area contributed by atoms with Crippen LogP contribution in [0.25, 0.3) is 0 Å². The number of hydrogen-bond acceptors (Lipinski definition) is 3. The van der Waals surface area contributed by atoms with Crippen LogP contribution in [0.3, 0.4) is 0 Å². The molecule has 0 aromatic carbocycles. The molecule has 1 N–H and O–H groups in total. The van der Waals surface area contributed by atoms with E-state index < -0.39 is 0 Å². The number of rotatable bonds is 2. The Bertz CT molecular complexity index is 196. The fraction of sp³-hybridized carbons (Fsp3) is 0.889. The van der Waals surface area contributed by atoms with Crippen molar-refractivity contribution in [2.45, 2.75) is 12.5 Å². The third-order valence-electron chi connectivity index (χ3n) is 2.90. The smallest absolute Gasteiger partial charge is 0.227 e. The number of carbonyl (C=O) groups excluding carboxylic acids is 1. The van der Waals surface area contributed by atoms with E-state index in [-0.39, 0.29) is 12.0 Å². The Labute approximate surface area is 78.2 Å². The van der Waals surface area contributed by atoms with Crippen molar-refractivity contribution < 1.29 is 9.53 Å². The van der Waals surface area contributed by atoms with Crippen molar-refractivity contribution >= 4 is 5.91 Å². The summed E-state index contributed by atoms with van der Waals surface area (Å²) in [6.07, 6.45) is 1.27. The average Bonchev–Trinajstić information content (AvgIpc) is 2.53. The molecule has 74 valence electrons. The maximum absolute atomic E-state index is 11.7. The molecular weight excluding hydrogens is 168 g/mol. The summed E-state index contributed by atoms with van der Waals surface area (Å²) in [6, 6.07) is 0. The number of nitrogens with zero attached hydrogens (tertiary/aromatic N) is 1. The third kappa shape index (κ3) is 1.69. The second-order valence-electron chi connectivity index (χ2n) is 3.79. The van der Waals surface area contributed by atoms with Gasteiger partial charge in [0.2, 0.25) is 5.91 Å². The number of hydrogen-bond donors (Lipinski definition) is 1. The van der Waals surface area contributed by atoms with Gasteiger partial charge in [-0.3, -0.25) is 4.79 Å². The van der Waals surface area contributed by atoms with Crippen LogP contribution in [0, 0.1) is 5.92 Å². The molecular formula is C9H16N2O2. The highest BCUT2D eigenvalue weighted by Gasteiger charge is 2.35. The van der Waals surface area contributed by atoms with E-state index in [9.17, 15) is 4.79 Å². The van der Waals surface area contributed by atoms with Gasteiger partial charge in [0.05, 0.1) is 12.0 Å². The van der Waals surface area contributed by atoms with E-state index in [1.807, 2.05) is 4.90 Å². The van der Waals surface area contributed by atoms with E-state index in [1.54, 1.807) is 7.11 Å². The van der Waals surface area contributed by atoms with Crippen LogP contribution in [0.5, 0.6) is 0 Å². The van der Waals surface area contributed by atoms with Crippen LogP contribution >= 0.6 is 0 Å². The molecule has 4 nitrogen and oxygen atoms in total. The predicted molar refractivity (Wildman–Crippen MR) is 48.4 cm³/mol. The van der Waals surface area contributed by atoms with Gasteiger partial charge in [-0.05, 0) is 13.0 Å². The van der Waals surface area contributed by atoms with E-state index in [0.29, 0.717) is 5.91 Å². The first-order valence-electron chi connectivity index (χ1n) is 4.83. The molecule has 0 radical (unpaired) electrons. The highest BCUT2D eigenvalue weighted by Crippen LogP contribution is 2.18. The van der Waals surface area contributed by atoms with E-state index in [0.717, 1.165) is 32.6 Å². The van der Waals surface area contributed by atoms with Gasteiger partial charge in [-0.1, -0.05) is 0 Å². The van der Waals surface area contributed by atoms with Gasteiger partial charge in [0, 0.05) is 26.7 Å². The molecule has 2 saturated heterocycles. The minimum Gasteiger partial charge on any atom is -0.378 e. The van der Waals surface area contributed by atoms with Gasteiger partial charge < -0.3 is 15.0 Å².